The number of fused-ring (bicyclic) bond motifs is 1. The van der Waals surface area contributed by atoms with Crippen molar-refractivity contribution in [3.8, 4) is 0 Å². The molecule has 5 rings (SSSR count). The van der Waals surface area contributed by atoms with E-state index in [1.165, 1.54) is 11.3 Å². The van der Waals surface area contributed by atoms with Crippen molar-refractivity contribution < 1.29 is 19.1 Å². The molecule has 40 heavy (non-hydrogen) atoms. The molecule has 4 aromatic rings. The van der Waals surface area contributed by atoms with Crippen LogP contribution in [-0.2, 0) is 22.5 Å². The number of nitrogens with zero attached hydrogens (tertiary/aromatic N) is 4. The highest BCUT2D eigenvalue weighted by atomic mass is 32.1. The molecule has 1 fully saturated rings. The van der Waals surface area contributed by atoms with Gasteiger partial charge in [0, 0.05) is 44.4 Å². The predicted molar refractivity (Wildman–Crippen MR) is 157 cm³/mol. The van der Waals surface area contributed by atoms with E-state index in [2.05, 4.69) is 18.7 Å². The molecular weight excluding hydrogens is 526 g/mol. The Morgan fingerprint density at radius 2 is 1.77 bits per heavy atom. The fourth-order valence-electron chi connectivity index (χ4n) is 5.11. The van der Waals surface area contributed by atoms with Crippen LogP contribution in [0.1, 0.15) is 46.1 Å². The monoisotopic (exact) mass is 559 g/mol. The number of amides is 2. The third kappa shape index (κ3) is 5.93. The molecule has 0 spiro atoms. The quantitative estimate of drug-likeness (QED) is 0.306. The van der Waals surface area contributed by atoms with Gasteiger partial charge in [0.05, 0.1) is 39.5 Å². The van der Waals surface area contributed by atoms with E-state index >= 15 is 0 Å². The second-order valence-corrected chi connectivity index (χ2v) is 11.3. The van der Waals surface area contributed by atoms with Gasteiger partial charge in [-0.1, -0.05) is 18.2 Å². The summed E-state index contributed by atoms with van der Waals surface area (Å²) in [6.07, 6.45) is 0.457. The number of anilines is 2. The van der Waals surface area contributed by atoms with Crippen molar-refractivity contribution in [1.82, 2.24) is 9.55 Å². The van der Waals surface area contributed by atoms with Crippen molar-refractivity contribution >= 4 is 50.7 Å². The zero-order valence-electron chi connectivity index (χ0n) is 22.9. The van der Waals surface area contributed by atoms with Crippen LogP contribution in [0.5, 0.6) is 0 Å². The third-order valence-electron chi connectivity index (χ3n) is 7.02. The minimum Gasteiger partial charge on any atom is -0.372 e. The summed E-state index contributed by atoms with van der Waals surface area (Å²) in [5, 5.41) is 1.04. The van der Waals surface area contributed by atoms with Gasteiger partial charge in [0.15, 0.2) is 5.78 Å². The molecule has 0 aliphatic carbocycles. The number of aryl methyl sites for hydroxylation is 1. The molecule has 0 unspecified atom stereocenters. The zero-order chi connectivity index (χ0) is 28.4. The van der Waals surface area contributed by atoms with Gasteiger partial charge in [-0.05, 0) is 56.3 Å². The Bertz CT molecular complexity index is 1540. The zero-order valence-corrected chi connectivity index (χ0v) is 23.7. The number of nitrogens with two attached hydrogens (primary N) is 1. The van der Waals surface area contributed by atoms with E-state index in [9.17, 15) is 14.4 Å². The Kier molecular flexibility index (Phi) is 7.99. The average molecular weight is 560 g/mol. The number of imidazole rings is 1. The van der Waals surface area contributed by atoms with E-state index < -0.39 is 5.91 Å². The lowest BCUT2D eigenvalue weighted by molar-refractivity contribution is -0.118. The van der Waals surface area contributed by atoms with Gasteiger partial charge in [0.25, 0.3) is 5.91 Å². The summed E-state index contributed by atoms with van der Waals surface area (Å²) >= 11 is 1.47. The maximum atomic E-state index is 13.4. The molecule has 2 aromatic carbocycles. The van der Waals surface area contributed by atoms with Gasteiger partial charge in [0.1, 0.15) is 5.82 Å². The van der Waals surface area contributed by atoms with Crippen LogP contribution < -0.4 is 15.5 Å². The van der Waals surface area contributed by atoms with E-state index in [1.807, 2.05) is 53.1 Å². The topological polar surface area (TPSA) is 111 Å². The summed E-state index contributed by atoms with van der Waals surface area (Å²) in [6.45, 7) is 5.99. The molecule has 2 amide bonds. The van der Waals surface area contributed by atoms with E-state index in [0.29, 0.717) is 34.0 Å². The normalized spacial score (nSPS) is 17.2. The van der Waals surface area contributed by atoms with Crippen molar-refractivity contribution in [3.63, 3.8) is 0 Å². The van der Waals surface area contributed by atoms with E-state index in [1.54, 1.807) is 24.1 Å². The van der Waals surface area contributed by atoms with E-state index in [0.717, 1.165) is 23.6 Å². The Labute approximate surface area is 237 Å². The van der Waals surface area contributed by atoms with Gasteiger partial charge in [-0.25, -0.2) is 4.98 Å². The fourth-order valence-corrected chi connectivity index (χ4v) is 6.07. The van der Waals surface area contributed by atoms with Crippen LogP contribution in [0.3, 0.4) is 0 Å². The number of hydrogen-bond donors (Lipinski definition) is 1. The van der Waals surface area contributed by atoms with Crippen LogP contribution in [0.25, 0.3) is 11.0 Å². The van der Waals surface area contributed by atoms with E-state index in [-0.39, 0.29) is 36.7 Å². The lowest BCUT2D eigenvalue weighted by atomic mass is 10.2. The molecule has 2 aromatic heterocycles. The van der Waals surface area contributed by atoms with Crippen LogP contribution in [0.2, 0.25) is 0 Å². The highest BCUT2D eigenvalue weighted by Crippen LogP contribution is 2.30. The Morgan fingerprint density at radius 1 is 1.05 bits per heavy atom. The van der Waals surface area contributed by atoms with Crippen molar-refractivity contribution in [2.45, 2.75) is 45.4 Å². The second kappa shape index (κ2) is 11.6. The Morgan fingerprint density at radius 3 is 2.48 bits per heavy atom. The van der Waals surface area contributed by atoms with E-state index in [4.69, 9.17) is 15.5 Å². The van der Waals surface area contributed by atoms with Gasteiger partial charge in [-0.15, -0.1) is 11.3 Å². The number of benzene rings is 2. The lowest BCUT2D eigenvalue weighted by Crippen LogP contribution is -2.45. The molecule has 208 valence electrons. The molecule has 2 atom stereocenters. The lowest BCUT2D eigenvalue weighted by Gasteiger charge is -2.35. The molecule has 3 heterocycles. The first-order valence-corrected chi connectivity index (χ1v) is 14.1. The molecule has 1 aliphatic rings. The standard InChI is InChI=1S/C30H33N5O4S/c1-19-17-34(18-20(2)39-19)29-12-11-26(40-29)25(36)16-28-32-23-15-22(9-10-24(23)35(28)14-13-27(31)37)33(3)30(38)21-7-5-4-6-8-21/h4-12,15,19-20H,13-14,16-18H2,1-3H3,(H2,31,37)/t19-,20-/m1/s1. The second-order valence-electron chi connectivity index (χ2n) is 10.2. The molecular formula is C30H33N5O4S. The third-order valence-corrected chi connectivity index (χ3v) is 8.21. The summed E-state index contributed by atoms with van der Waals surface area (Å²) in [5.74, 6) is -0.0567. The molecule has 2 N–H and O–H groups in total. The highest BCUT2D eigenvalue weighted by molar-refractivity contribution is 7.18. The van der Waals surface area contributed by atoms with Crippen LogP contribution in [0.4, 0.5) is 10.7 Å². The SMILES string of the molecule is C[C@@H]1CN(c2ccc(C(=O)Cc3nc4cc(N(C)C(=O)c5ccccc5)ccc4n3CCC(N)=O)s2)C[C@@H](C)O1. The molecule has 1 saturated heterocycles. The van der Waals surface area contributed by atoms with Crippen molar-refractivity contribution in [2.24, 2.45) is 5.73 Å². The highest BCUT2D eigenvalue weighted by Gasteiger charge is 2.25. The minimum atomic E-state index is -0.430. The average Bonchev–Trinajstić information content (AvgIpc) is 3.56. The molecule has 0 radical (unpaired) electrons. The first kappa shape index (κ1) is 27.5. The number of carbonyl (C=O) groups is 3. The summed E-state index contributed by atoms with van der Waals surface area (Å²) in [7, 11) is 1.72. The Balaban J connectivity index is 1.40. The summed E-state index contributed by atoms with van der Waals surface area (Å²) in [4.78, 5) is 47.2. The number of carbonyl (C=O) groups excluding carboxylic acids is 3. The summed E-state index contributed by atoms with van der Waals surface area (Å²) < 4.78 is 7.72. The van der Waals surface area contributed by atoms with Crippen molar-refractivity contribution in [3.05, 3.63) is 76.9 Å². The molecule has 1 aliphatic heterocycles. The fraction of sp³-hybridized carbons (Fsp3) is 0.333. The molecule has 0 saturated carbocycles. The van der Waals surface area contributed by atoms with Gasteiger partial charge < -0.3 is 24.8 Å². The van der Waals surface area contributed by atoms with Gasteiger partial charge >= 0.3 is 0 Å². The largest absolute Gasteiger partial charge is 0.372 e. The number of primary amides is 1. The number of ketones is 1. The Hall–Kier alpha value is -4.02. The molecule has 0 bridgehead atoms. The number of rotatable bonds is 9. The smallest absolute Gasteiger partial charge is 0.258 e. The van der Waals surface area contributed by atoms with Crippen LogP contribution in [0, 0.1) is 0 Å². The number of aromatic nitrogens is 2. The van der Waals surface area contributed by atoms with Gasteiger partial charge in [0.2, 0.25) is 5.91 Å². The maximum absolute atomic E-state index is 13.4. The van der Waals surface area contributed by atoms with Crippen LogP contribution in [-0.4, -0.2) is 59.5 Å². The molecule has 10 heteroatoms. The minimum absolute atomic E-state index is 0.0437. The van der Waals surface area contributed by atoms with Crippen molar-refractivity contribution in [2.75, 3.05) is 29.9 Å². The first-order chi connectivity index (χ1) is 19.2. The number of ether oxygens (including phenoxy) is 1. The number of thiophene rings is 1. The first-order valence-electron chi connectivity index (χ1n) is 13.3. The predicted octanol–water partition coefficient (Wildman–Crippen LogP) is 4.29. The van der Waals surface area contributed by atoms with Crippen LogP contribution >= 0.6 is 11.3 Å². The maximum Gasteiger partial charge on any atom is 0.258 e. The summed E-state index contributed by atoms with van der Waals surface area (Å²) in [5.41, 5.74) is 8.12. The van der Waals surface area contributed by atoms with Gasteiger partial charge in [-0.3, -0.25) is 14.4 Å². The van der Waals surface area contributed by atoms with Crippen molar-refractivity contribution in [1.29, 1.82) is 0 Å². The number of Topliss-reactive ketones (excluding diaryl/α,β-unsaturated/α-hetero) is 1. The van der Waals surface area contributed by atoms with Gasteiger partial charge in [-0.2, -0.15) is 0 Å². The number of morpholine rings is 1. The number of hydrogen-bond acceptors (Lipinski definition) is 7. The molecule has 9 nitrogen and oxygen atoms in total. The summed E-state index contributed by atoms with van der Waals surface area (Å²) in [6, 6.07) is 18.5. The van der Waals surface area contributed by atoms with Crippen LogP contribution in [0.15, 0.2) is 60.7 Å².